The van der Waals surface area contributed by atoms with Gasteiger partial charge in [0.1, 0.15) is 16.9 Å². The largest absolute Gasteiger partial charge is 0.450 e. The van der Waals surface area contributed by atoms with E-state index in [1.165, 1.54) is 17.4 Å². The molecule has 0 aliphatic heterocycles. The summed E-state index contributed by atoms with van der Waals surface area (Å²) < 4.78 is 19.2. The summed E-state index contributed by atoms with van der Waals surface area (Å²) in [7, 11) is 0. The summed E-state index contributed by atoms with van der Waals surface area (Å²) in [5.74, 6) is -0.454. The first kappa shape index (κ1) is 13.8. The monoisotopic (exact) mass is 342 g/mol. The number of thiophene rings is 1. The highest BCUT2D eigenvalue weighted by Gasteiger charge is 2.18. The average molecular weight is 343 g/mol. The summed E-state index contributed by atoms with van der Waals surface area (Å²) in [6.07, 6.45) is -0.637. The first-order chi connectivity index (χ1) is 9.08. The highest BCUT2D eigenvalue weighted by atomic mass is 79.9. The van der Waals surface area contributed by atoms with Crippen molar-refractivity contribution in [1.29, 1.82) is 5.26 Å². The van der Waals surface area contributed by atoms with Crippen molar-refractivity contribution >= 4 is 48.4 Å². The molecular weight excluding hydrogens is 335 g/mol. The number of halogens is 2. The number of benzene rings is 1. The Morgan fingerprint density at radius 2 is 2.37 bits per heavy atom. The predicted molar refractivity (Wildman–Crippen MR) is 74.8 cm³/mol. The number of ether oxygens (including phenoxy) is 1. The van der Waals surface area contributed by atoms with Crippen LogP contribution in [0.1, 0.15) is 12.5 Å². The van der Waals surface area contributed by atoms with Gasteiger partial charge in [0, 0.05) is 10.1 Å². The average Bonchev–Trinajstić information content (AvgIpc) is 2.72. The molecule has 2 aromatic rings. The Bertz CT molecular complexity index is 693. The molecular formula is C12H8BrFN2O2S. The molecule has 0 saturated heterocycles. The fraction of sp³-hybridized carbons (Fsp3) is 0.167. The lowest BCUT2D eigenvalue weighted by Gasteiger charge is -2.02. The van der Waals surface area contributed by atoms with Gasteiger partial charge in [0.2, 0.25) is 0 Å². The Labute approximate surface area is 120 Å². The van der Waals surface area contributed by atoms with Gasteiger partial charge in [0.05, 0.1) is 16.6 Å². The van der Waals surface area contributed by atoms with Crippen molar-refractivity contribution in [3.63, 3.8) is 0 Å². The van der Waals surface area contributed by atoms with Crippen LogP contribution >= 0.6 is 27.3 Å². The van der Waals surface area contributed by atoms with E-state index >= 15 is 0 Å². The van der Waals surface area contributed by atoms with Crippen LogP contribution in [-0.2, 0) is 4.74 Å². The van der Waals surface area contributed by atoms with Gasteiger partial charge in [-0.25, -0.2) is 9.18 Å². The van der Waals surface area contributed by atoms with Gasteiger partial charge < -0.3 is 4.74 Å². The lowest BCUT2D eigenvalue weighted by Crippen LogP contribution is -2.12. The van der Waals surface area contributed by atoms with Crippen LogP contribution in [0.25, 0.3) is 10.1 Å². The van der Waals surface area contributed by atoms with Crippen LogP contribution in [-0.4, -0.2) is 12.7 Å². The van der Waals surface area contributed by atoms with Crippen molar-refractivity contribution < 1.29 is 13.9 Å². The molecule has 0 bridgehead atoms. The Kier molecular flexibility index (Phi) is 4.02. The van der Waals surface area contributed by atoms with Gasteiger partial charge in [-0.15, -0.1) is 11.3 Å². The van der Waals surface area contributed by atoms with Crippen LogP contribution in [0.4, 0.5) is 14.2 Å². The van der Waals surface area contributed by atoms with Crippen LogP contribution in [0.15, 0.2) is 16.6 Å². The fourth-order valence-electron chi connectivity index (χ4n) is 1.58. The van der Waals surface area contributed by atoms with E-state index in [0.29, 0.717) is 15.1 Å². The van der Waals surface area contributed by atoms with Gasteiger partial charge in [-0.2, -0.15) is 5.26 Å². The number of carbonyl (C=O) groups is 1. The highest BCUT2D eigenvalue weighted by Crippen LogP contribution is 2.40. The molecule has 2 rings (SSSR count). The quantitative estimate of drug-likeness (QED) is 0.887. The van der Waals surface area contributed by atoms with Crippen molar-refractivity contribution in [2.24, 2.45) is 0 Å². The van der Waals surface area contributed by atoms with E-state index in [0.717, 1.165) is 0 Å². The Balaban J connectivity index is 2.55. The van der Waals surface area contributed by atoms with Crippen molar-refractivity contribution in [3.05, 3.63) is 28.0 Å². The number of hydrogen-bond donors (Lipinski definition) is 1. The summed E-state index contributed by atoms with van der Waals surface area (Å²) in [4.78, 5) is 11.4. The van der Waals surface area contributed by atoms with Crippen LogP contribution in [0.5, 0.6) is 0 Å². The van der Waals surface area contributed by atoms with Gasteiger partial charge >= 0.3 is 6.09 Å². The summed E-state index contributed by atoms with van der Waals surface area (Å²) in [5, 5.41) is 12.5. The molecule has 0 aliphatic carbocycles. The molecule has 1 heterocycles. The third-order valence-electron chi connectivity index (χ3n) is 2.35. The minimum atomic E-state index is -0.637. The van der Waals surface area contributed by atoms with E-state index in [2.05, 4.69) is 21.2 Å². The first-order valence-corrected chi connectivity index (χ1v) is 6.93. The summed E-state index contributed by atoms with van der Waals surface area (Å²) in [5.41, 5.74) is 0.222. The molecule has 1 N–H and O–H groups in total. The molecule has 1 aromatic carbocycles. The summed E-state index contributed by atoms with van der Waals surface area (Å²) >= 11 is 4.31. The molecule has 1 amide bonds. The highest BCUT2D eigenvalue weighted by molar-refractivity contribution is 9.10. The third-order valence-corrected chi connectivity index (χ3v) is 4.19. The maximum atomic E-state index is 13.5. The maximum Gasteiger partial charge on any atom is 0.412 e. The number of hydrogen-bond acceptors (Lipinski definition) is 4. The van der Waals surface area contributed by atoms with E-state index in [4.69, 9.17) is 4.74 Å². The third kappa shape index (κ3) is 2.55. The van der Waals surface area contributed by atoms with E-state index < -0.39 is 11.9 Å². The molecule has 1 aromatic heterocycles. The molecule has 0 atom stereocenters. The smallest absolute Gasteiger partial charge is 0.412 e. The second-order valence-electron chi connectivity index (χ2n) is 3.50. The molecule has 0 fully saturated rings. The number of anilines is 1. The summed E-state index contributed by atoms with van der Waals surface area (Å²) in [6, 6.07) is 4.85. The van der Waals surface area contributed by atoms with E-state index in [1.807, 2.05) is 6.07 Å². The van der Waals surface area contributed by atoms with Gasteiger partial charge in [-0.1, -0.05) is 0 Å². The number of nitrogens with zero attached hydrogens (tertiary/aromatic N) is 1. The van der Waals surface area contributed by atoms with E-state index in [-0.39, 0.29) is 16.6 Å². The molecule has 0 saturated carbocycles. The lowest BCUT2D eigenvalue weighted by molar-refractivity contribution is 0.168. The SMILES string of the molecule is CCOC(=O)Nc1sc2ccc(F)c(Br)c2c1C#N. The van der Waals surface area contributed by atoms with Crippen LogP contribution < -0.4 is 5.32 Å². The minimum Gasteiger partial charge on any atom is -0.450 e. The number of nitriles is 1. The van der Waals surface area contributed by atoms with Gasteiger partial charge in [0.25, 0.3) is 0 Å². The lowest BCUT2D eigenvalue weighted by atomic mass is 10.2. The summed E-state index contributed by atoms with van der Waals surface area (Å²) in [6.45, 7) is 1.92. The van der Waals surface area contributed by atoms with Crippen molar-refractivity contribution in [3.8, 4) is 6.07 Å². The number of rotatable bonds is 2. The minimum absolute atomic E-state index is 0.217. The topological polar surface area (TPSA) is 62.1 Å². The zero-order valence-electron chi connectivity index (χ0n) is 9.79. The van der Waals surface area contributed by atoms with Crippen molar-refractivity contribution in [1.82, 2.24) is 0 Å². The maximum absolute atomic E-state index is 13.5. The van der Waals surface area contributed by atoms with E-state index in [9.17, 15) is 14.4 Å². The standard InChI is InChI=1S/C12H8BrFN2O2S/c1-2-18-12(17)16-11-6(5-15)9-8(19-11)4-3-7(14)10(9)13/h3-4H,2H2,1H3,(H,16,17). The van der Waals surface area contributed by atoms with Crippen LogP contribution in [0, 0.1) is 17.1 Å². The number of nitrogens with one attached hydrogen (secondary N) is 1. The van der Waals surface area contributed by atoms with Crippen LogP contribution in [0.2, 0.25) is 0 Å². The van der Waals surface area contributed by atoms with Gasteiger partial charge in [0.15, 0.2) is 0 Å². The predicted octanol–water partition coefficient (Wildman–Crippen LogP) is 4.24. The van der Waals surface area contributed by atoms with E-state index in [1.54, 1.807) is 13.0 Å². The Hall–Kier alpha value is -1.65. The first-order valence-electron chi connectivity index (χ1n) is 5.32. The molecule has 0 unspecified atom stereocenters. The number of fused-ring (bicyclic) bond motifs is 1. The molecule has 0 aliphatic rings. The second-order valence-corrected chi connectivity index (χ2v) is 5.34. The second kappa shape index (κ2) is 5.55. The molecule has 98 valence electrons. The number of carbonyl (C=O) groups excluding carboxylic acids is 1. The Morgan fingerprint density at radius 1 is 1.63 bits per heavy atom. The Morgan fingerprint density at radius 3 is 3.00 bits per heavy atom. The molecule has 19 heavy (non-hydrogen) atoms. The fourth-order valence-corrected chi connectivity index (χ4v) is 3.30. The van der Waals surface area contributed by atoms with Crippen molar-refractivity contribution in [2.45, 2.75) is 6.92 Å². The number of amides is 1. The van der Waals surface area contributed by atoms with Crippen LogP contribution in [0.3, 0.4) is 0 Å². The van der Waals surface area contributed by atoms with Crippen molar-refractivity contribution in [2.75, 3.05) is 11.9 Å². The van der Waals surface area contributed by atoms with Gasteiger partial charge in [-0.05, 0) is 35.0 Å². The molecule has 0 radical (unpaired) electrons. The molecule has 7 heteroatoms. The normalized spacial score (nSPS) is 10.2. The molecule has 4 nitrogen and oxygen atoms in total. The molecule has 0 spiro atoms. The van der Waals surface area contributed by atoms with Gasteiger partial charge in [-0.3, -0.25) is 5.32 Å². The zero-order chi connectivity index (χ0) is 14.0. The zero-order valence-corrected chi connectivity index (χ0v) is 12.2.